The van der Waals surface area contributed by atoms with Crippen molar-refractivity contribution in [3.63, 3.8) is 0 Å². The van der Waals surface area contributed by atoms with E-state index in [1.807, 2.05) is 6.07 Å². The van der Waals surface area contributed by atoms with Crippen LogP contribution in [0, 0.1) is 5.41 Å². The van der Waals surface area contributed by atoms with Crippen LogP contribution in [0.1, 0.15) is 37.6 Å². The van der Waals surface area contributed by atoms with Crippen molar-refractivity contribution in [1.29, 1.82) is 5.41 Å². The molecule has 33 heavy (non-hydrogen) atoms. The first kappa shape index (κ1) is 27.0. The highest BCUT2D eigenvalue weighted by Crippen LogP contribution is 2.23. The van der Waals surface area contributed by atoms with E-state index < -0.39 is 11.7 Å². The standard InChI is InChI=1S/C23H26Cl2N4O3.BrH/c1-23(2,3)32-22(31)27-12-5-13-28-20-17(25)6-4-7-18(20)29(21(28)26)14-19(30)15-8-10-16(24)11-9-15;/h4,6-11,26H,5,12-14H2,1-3H3,(H,27,31);1H. The van der Waals surface area contributed by atoms with Gasteiger partial charge in [0.1, 0.15) is 5.60 Å². The van der Waals surface area contributed by atoms with Crippen LogP contribution in [0.25, 0.3) is 11.0 Å². The number of hydrogen-bond acceptors (Lipinski definition) is 4. The average Bonchev–Trinajstić information content (AvgIpc) is 2.97. The molecule has 0 unspecified atom stereocenters. The third-order valence-electron chi connectivity index (χ3n) is 4.73. The molecule has 3 rings (SSSR count). The summed E-state index contributed by atoms with van der Waals surface area (Å²) >= 11 is 12.4. The molecule has 0 saturated carbocycles. The molecule has 0 aliphatic rings. The molecule has 0 fully saturated rings. The number of para-hydroxylation sites is 1. The molecule has 10 heteroatoms. The number of halogens is 3. The lowest BCUT2D eigenvalue weighted by atomic mass is 10.1. The van der Waals surface area contributed by atoms with Crippen molar-refractivity contribution in [1.82, 2.24) is 14.5 Å². The summed E-state index contributed by atoms with van der Waals surface area (Å²) in [6, 6.07) is 12.1. The first-order valence-electron chi connectivity index (χ1n) is 10.2. The molecule has 1 heterocycles. The van der Waals surface area contributed by atoms with Gasteiger partial charge in [-0.25, -0.2) is 4.79 Å². The van der Waals surface area contributed by atoms with Gasteiger partial charge in [-0.3, -0.25) is 10.2 Å². The Bertz CT molecular complexity index is 1200. The lowest BCUT2D eigenvalue weighted by Gasteiger charge is -2.19. The van der Waals surface area contributed by atoms with Crippen molar-refractivity contribution in [2.24, 2.45) is 0 Å². The number of nitrogens with one attached hydrogen (secondary N) is 2. The van der Waals surface area contributed by atoms with E-state index in [0.717, 1.165) is 0 Å². The summed E-state index contributed by atoms with van der Waals surface area (Å²) in [5.74, 6) is -0.134. The molecule has 0 radical (unpaired) electrons. The zero-order valence-corrected chi connectivity index (χ0v) is 21.9. The highest BCUT2D eigenvalue weighted by Gasteiger charge is 2.18. The molecule has 7 nitrogen and oxygen atoms in total. The van der Waals surface area contributed by atoms with E-state index in [1.165, 1.54) is 0 Å². The van der Waals surface area contributed by atoms with Gasteiger partial charge in [0.15, 0.2) is 5.78 Å². The van der Waals surface area contributed by atoms with Crippen molar-refractivity contribution in [3.8, 4) is 0 Å². The van der Waals surface area contributed by atoms with E-state index in [0.29, 0.717) is 46.2 Å². The molecule has 0 aliphatic heterocycles. The second-order valence-corrected chi connectivity index (χ2v) is 9.22. The Kier molecular flexibility index (Phi) is 9.17. The number of nitrogens with zero attached hydrogens (tertiary/aromatic N) is 2. The second-order valence-electron chi connectivity index (χ2n) is 8.38. The van der Waals surface area contributed by atoms with Crippen LogP contribution in [0.15, 0.2) is 42.5 Å². The number of rotatable bonds is 7. The van der Waals surface area contributed by atoms with Gasteiger partial charge in [-0.1, -0.05) is 29.3 Å². The van der Waals surface area contributed by atoms with Crippen molar-refractivity contribution in [2.45, 2.75) is 45.9 Å². The fourth-order valence-electron chi connectivity index (χ4n) is 3.34. The van der Waals surface area contributed by atoms with Crippen molar-refractivity contribution >= 4 is 63.1 Å². The van der Waals surface area contributed by atoms with E-state index in [9.17, 15) is 9.59 Å². The minimum atomic E-state index is -0.565. The Morgan fingerprint density at radius 1 is 1.06 bits per heavy atom. The lowest BCUT2D eigenvalue weighted by Crippen LogP contribution is -2.34. The molecule has 2 aromatic carbocycles. The predicted molar refractivity (Wildman–Crippen MR) is 136 cm³/mol. The highest BCUT2D eigenvalue weighted by atomic mass is 79.9. The Labute approximate surface area is 212 Å². The molecule has 178 valence electrons. The first-order chi connectivity index (χ1) is 15.1. The number of carbonyl (C=O) groups is 2. The van der Waals surface area contributed by atoms with E-state index in [2.05, 4.69) is 5.32 Å². The molecule has 0 aliphatic carbocycles. The number of aryl methyl sites for hydroxylation is 1. The summed E-state index contributed by atoms with van der Waals surface area (Å²) in [4.78, 5) is 24.7. The number of carbonyl (C=O) groups excluding carboxylic acids is 2. The van der Waals surface area contributed by atoms with Crippen LogP contribution in [0.4, 0.5) is 4.79 Å². The van der Waals surface area contributed by atoms with Gasteiger partial charge in [-0.05, 0) is 63.6 Å². The Hall–Kier alpha value is -2.29. The molecule has 1 aromatic heterocycles. The molecular formula is C23H27BrCl2N4O3. The number of benzene rings is 2. The molecule has 3 aromatic rings. The number of amides is 1. The van der Waals surface area contributed by atoms with Gasteiger partial charge in [-0.2, -0.15) is 0 Å². The van der Waals surface area contributed by atoms with Gasteiger partial charge >= 0.3 is 6.09 Å². The summed E-state index contributed by atoms with van der Waals surface area (Å²) in [6.07, 6.45) is 0.0771. The average molecular weight is 558 g/mol. The first-order valence-corrected chi connectivity index (χ1v) is 11.0. The largest absolute Gasteiger partial charge is 0.444 e. The van der Waals surface area contributed by atoms with E-state index >= 15 is 0 Å². The van der Waals surface area contributed by atoms with Crippen LogP contribution in [-0.4, -0.2) is 33.2 Å². The molecule has 0 bridgehead atoms. The fourth-order valence-corrected chi connectivity index (χ4v) is 3.74. The number of fused-ring (bicyclic) bond motifs is 1. The summed E-state index contributed by atoms with van der Waals surface area (Å²) < 4.78 is 8.63. The quantitative estimate of drug-likeness (QED) is 0.292. The maximum absolute atomic E-state index is 12.8. The third kappa shape index (κ3) is 6.85. The van der Waals surface area contributed by atoms with Crippen molar-refractivity contribution in [3.05, 3.63) is 63.7 Å². The molecule has 0 saturated heterocycles. The SMILES string of the molecule is Br.CC(C)(C)OC(=O)NCCCn1c(=N)n(CC(=O)c2ccc(Cl)cc2)c2cccc(Cl)c21. The Morgan fingerprint density at radius 2 is 1.73 bits per heavy atom. The summed E-state index contributed by atoms with van der Waals surface area (Å²) in [5.41, 5.74) is 1.49. The van der Waals surface area contributed by atoms with Crippen LogP contribution in [0.5, 0.6) is 0 Å². The molecular weight excluding hydrogens is 531 g/mol. The van der Waals surface area contributed by atoms with Gasteiger partial charge in [0.25, 0.3) is 0 Å². The van der Waals surface area contributed by atoms with Crippen molar-refractivity contribution in [2.75, 3.05) is 6.54 Å². The number of aromatic nitrogens is 2. The third-order valence-corrected chi connectivity index (χ3v) is 5.29. The normalized spacial score (nSPS) is 11.2. The number of imidazole rings is 1. The summed E-state index contributed by atoms with van der Waals surface area (Å²) in [7, 11) is 0. The van der Waals surface area contributed by atoms with Crippen LogP contribution < -0.4 is 10.9 Å². The van der Waals surface area contributed by atoms with Gasteiger partial charge in [-0.15, -0.1) is 17.0 Å². The Balaban J connectivity index is 0.00000385. The lowest BCUT2D eigenvalue weighted by molar-refractivity contribution is 0.0526. The van der Waals surface area contributed by atoms with Crippen LogP contribution in [0.3, 0.4) is 0 Å². The zero-order chi connectivity index (χ0) is 23.5. The van der Waals surface area contributed by atoms with Crippen LogP contribution in [-0.2, 0) is 17.8 Å². The number of ether oxygens (including phenoxy) is 1. The number of Topliss-reactive ketones (excluding diaryl/α,β-unsaturated/α-hetero) is 1. The van der Waals surface area contributed by atoms with E-state index in [4.69, 9.17) is 33.3 Å². The van der Waals surface area contributed by atoms with Gasteiger partial charge in [0.2, 0.25) is 5.62 Å². The minimum Gasteiger partial charge on any atom is -0.444 e. The number of alkyl carbamates (subject to hydrolysis) is 1. The smallest absolute Gasteiger partial charge is 0.407 e. The van der Waals surface area contributed by atoms with Gasteiger partial charge < -0.3 is 19.2 Å². The monoisotopic (exact) mass is 556 g/mol. The Morgan fingerprint density at radius 3 is 2.36 bits per heavy atom. The molecule has 1 amide bonds. The van der Waals surface area contributed by atoms with Crippen LogP contribution >= 0.6 is 40.2 Å². The number of hydrogen-bond donors (Lipinski definition) is 2. The summed E-state index contributed by atoms with van der Waals surface area (Å²) in [6.45, 7) is 6.23. The number of ketones is 1. The van der Waals surface area contributed by atoms with Gasteiger partial charge in [0, 0.05) is 23.7 Å². The minimum absolute atomic E-state index is 0. The summed E-state index contributed by atoms with van der Waals surface area (Å²) in [5, 5.41) is 12.4. The second kappa shape index (κ2) is 11.2. The van der Waals surface area contributed by atoms with Crippen molar-refractivity contribution < 1.29 is 14.3 Å². The molecule has 0 spiro atoms. The fraction of sp³-hybridized carbons (Fsp3) is 0.348. The zero-order valence-electron chi connectivity index (χ0n) is 18.7. The maximum Gasteiger partial charge on any atom is 0.407 e. The molecule has 2 N–H and O–H groups in total. The highest BCUT2D eigenvalue weighted by molar-refractivity contribution is 8.93. The topological polar surface area (TPSA) is 89.1 Å². The van der Waals surface area contributed by atoms with Crippen LogP contribution in [0.2, 0.25) is 10.0 Å². The molecule has 0 atom stereocenters. The van der Waals surface area contributed by atoms with E-state index in [1.54, 1.807) is 66.3 Å². The predicted octanol–water partition coefficient (Wildman–Crippen LogP) is 5.60. The van der Waals surface area contributed by atoms with Gasteiger partial charge in [0.05, 0.1) is 22.6 Å². The maximum atomic E-state index is 12.8. The van der Waals surface area contributed by atoms with E-state index in [-0.39, 0.29) is 34.9 Å².